The van der Waals surface area contributed by atoms with Gasteiger partial charge in [-0.05, 0) is 90.6 Å². The van der Waals surface area contributed by atoms with Crippen molar-refractivity contribution < 1.29 is 28.6 Å². The molecular weight excluding hydrogens is 648 g/mol. The minimum atomic E-state index is -0.819. The molecule has 2 aromatic heterocycles. The van der Waals surface area contributed by atoms with E-state index >= 15 is 0 Å². The number of carbonyl (C=O) groups excluding carboxylic acids is 3. The molecule has 1 aliphatic rings. The predicted octanol–water partition coefficient (Wildman–Crippen LogP) is 8.98. The van der Waals surface area contributed by atoms with E-state index in [1.165, 1.54) is 4.90 Å². The Labute approximate surface area is 301 Å². The van der Waals surface area contributed by atoms with Crippen molar-refractivity contribution in [2.24, 2.45) is 0 Å². The molecule has 12 nitrogen and oxygen atoms in total. The van der Waals surface area contributed by atoms with Crippen LogP contribution in [-0.2, 0) is 9.47 Å². The van der Waals surface area contributed by atoms with Crippen LogP contribution in [-0.4, -0.2) is 68.0 Å². The molecule has 0 radical (unpaired) electrons. The third-order valence-corrected chi connectivity index (χ3v) is 7.60. The van der Waals surface area contributed by atoms with E-state index in [4.69, 9.17) is 19.2 Å². The van der Waals surface area contributed by atoms with Gasteiger partial charge in [0.1, 0.15) is 17.3 Å². The summed E-state index contributed by atoms with van der Waals surface area (Å²) in [5.74, 6) is 0.373. The number of fused-ring (bicyclic) bond motifs is 1. The van der Waals surface area contributed by atoms with E-state index in [9.17, 15) is 14.4 Å². The van der Waals surface area contributed by atoms with E-state index in [0.717, 1.165) is 12.0 Å². The van der Waals surface area contributed by atoms with Crippen molar-refractivity contribution in [3.8, 4) is 5.88 Å². The van der Waals surface area contributed by atoms with Crippen LogP contribution in [0.5, 0.6) is 5.88 Å². The largest absolute Gasteiger partial charge is 0.472 e. The third kappa shape index (κ3) is 10.2. The first-order valence-corrected chi connectivity index (χ1v) is 17.6. The second-order valence-electron chi connectivity index (χ2n) is 14.4. The molecule has 1 saturated heterocycles. The highest BCUT2D eigenvalue weighted by atomic mass is 16.6. The molecule has 12 heteroatoms. The number of aromatic nitrogens is 3. The number of nitrogens with zero attached hydrogens (tertiary/aromatic N) is 5. The molecule has 4 aromatic rings. The number of ether oxygens (including phenoxy) is 3. The summed E-state index contributed by atoms with van der Waals surface area (Å²) in [5, 5.41) is 7.56. The van der Waals surface area contributed by atoms with Gasteiger partial charge in [-0.25, -0.2) is 14.5 Å². The van der Waals surface area contributed by atoms with Crippen molar-refractivity contribution in [2.45, 2.75) is 105 Å². The molecule has 274 valence electrons. The van der Waals surface area contributed by atoms with Gasteiger partial charge in [0, 0.05) is 29.4 Å². The normalized spacial score (nSPS) is 14.7. The fraction of sp³-hybridized carbons (Fsp3) is 0.462. The first-order valence-electron chi connectivity index (χ1n) is 17.6. The van der Waals surface area contributed by atoms with Crippen LogP contribution in [0.15, 0.2) is 66.9 Å². The topological polar surface area (TPSA) is 128 Å². The van der Waals surface area contributed by atoms with Crippen molar-refractivity contribution in [1.29, 1.82) is 0 Å². The summed E-state index contributed by atoms with van der Waals surface area (Å²) in [5.41, 5.74) is 1.35. The molecule has 0 aliphatic carbocycles. The number of hydrogen-bond acceptors (Lipinski definition) is 8. The molecule has 2 aromatic carbocycles. The van der Waals surface area contributed by atoms with Crippen LogP contribution in [0.3, 0.4) is 0 Å². The van der Waals surface area contributed by atoms with Crippen molar-refractivity contribution in [2.75, 3.05) is 23.3 Å². The number of piperidine rings is 1. The highest BCUT2D eigenvalue weighted by Gasteiger charge is 2.32. The quantitative estimate of drug-likeness (QED) is 0.202. The zero-order chi connectivity index (χ0) is 37.5. The molecule has 1 fully saturated rings. The maximum Gasteiger partial charge on any atom is 0.420 e. The highest BCUT2D eigenvalue weighted by Crippen LogP contribution is 2.34. The molecule has 1 atom stereocenters. The smallest absolute Gasteiger partial charge is 0.420 e. The number of benzene rings is 2. The van der Waals surface area contributed by atoms with E-state index < -0.39 is 23.4 Å². The van der Waals surface area contributed by atoms with E-state index in [-0.39, 0.29) is 23.8 Å². The average Bonchev–Trinajstić information content (AvgIpc) is 3.50. The molecule has 0 spiro atoms. The minimum Gasteiger partial charge on any atom is -0.472 e. The zero-order valence-electron chi connectivity index (χ0n) is 31.5. The van der Waals surface area contributed by atoms with E-state index in [1.807, 2.05) is 54.5 Å². The summed E-state index contributed by atoms with van der Waals surface area (Å²) in [6.07, 6.45) is 1.76. The molecule has 1 N–H and O–H groups in total. The van der Waals surface area contributed by atoms with Gasteiger partial charge >= 0.3 is 12.2 Å². The van der Waals surface area contributed by atoms with Crippen molar-refractivity contribution in [3.05, 3.63) is 78.0 Å². The lowest BCUT2D eigenvalue weighted by atomic mass is 10.1. The lowest BCUT2D eigenvalue weighted by molar-refractivity contribution is 0.00720. The minimum absolute atomic E-state index is 0.0666. The fourth-order valence-corrected chi connectivity index (χ4v) is 5.42. The van der Waals surface area contributed by atoms with Crippen molar-refractivity contribution in [3.63, 3.8) is 0 Å². The average molecular weight is 701 g/mol. The monoisotopic (exact) mass is 700 g/mol. The number of hydrogen-bond donors (Lipinski definition) is 1. The Hall–Kier alpha value is -5.13. The molecule has 1 aliphatic heterocycles. The van der Waals surface area contributed by atoms with Gasteiger partial charge in [-0.3, -0.25) is 4.79 Å². The van der Waals surface area contributed by atoms with E-state index in [2.05, 4.69) is 10.4 Å². The standard InChI is InChI=1S/C37H46N6O6.C2H6/c1-24(2)29-22-38-43-31(21-30(40-32(29)43)47-28-18-13-19-41(23-28)34(45)48-36(3,4)5)42(35(46)49-37(6,7)8)27-17-12-16-26(20-27)39-33(44)25-14-10-9-11-15-25;1-2/h9-12,14-17,20-22,24,28H,13,18-19,23H2,1-8H3,(H,39,44);1-2H3. The Morgan fingerprint density at radius 3 is 2.25 bits per heavy atom. The van der Waals surface area contributed by atoms with Gasteiger partial charge in [0.15, 0.2) is 11.5 Å². The maximum atomic E-state index is 14.1. The summed E-state index contributed by atoms with van der Waals surface area (Å²) >= 11 is 0. The van der Waals surface area contributed by atoms with E-state index in [0.29, 0.717) is 47.9 Å². The first kappa shape index (κ1) is 38.7. The van der Waals surface area contributed by atoms with Crippen LogP contribution in [0.2, 0.25) is 0 Å². The summed E-state index contributed by atoms with van der Waals surface area (Å²) in [6, 6.07) is 17.5. The van der Waals surface area contributed by atoms with Gasteiger partial charge in [-0.15, -0.1) is 0 Å². The Kier molecular flexibility index (Phi) is 12.3. The number of nitrogens with one attached hydrogen (secondary N) is 1. The number of anilines is 3. The molecule has 0 saturated carbocycles. The number of likely N-dealkylation sites (tertiary alicyclic amines) is 1. The number of amides is 3. The van der Waals surface area contributed by atoms with Crippen LogP contribution in [0.1, 0.15) is 104 Å². The Bertz CT molecular complexity index is 1810. The van der Waals surface area contributed by atoms with Gasteiger partial charge in [0.05, 0.1) is 18.4 Å². The second kappa shape index (κ2) is 16.3. The number of rotatable bonds is 7. The second-order valence-corrected chi connectivity index (χ2v) is 14.4. The summed E-state index contributed by atoms with van der Waals surface area (Å²) in [6.45, 7) is 19.9. The molecular formula is C39H52N6O6. The Balaban J connectivity index is 0.00000286. The maximum absolute atomic E-state index is 14.1. The molecule has 0 bridgehead atoms. The highest BCUT2D eigenvalue weighted by molar-refractivity contribution is 6.05. The molecule has 1 unspecified atom stereocenters. The SMILES string of the molecule is CC.CC(C)c1cnn2c(N(C(=O)OC(C)(C)C)c3cccc(NC(=O)c4ccccc4)c3)cc(OC3CCCN(C(=O)OC(C)(C)C)C3)nc12. The molecule has 3 amide bonds. The number of carbonyl (C=O) groups is 3. The van der Waals surface area contributed by atoms with Crippen molar-refractivity contribution >= 4 is 40.9 Å². The Morgan fingerprint density at radius 1 is 0.922 bits per heavy atom. The van der Waals surface area contributed by atoms with Gasteiger partial charge < -0.3 is 24.4 Å². The molecule has 5 rings (SSSR count). The van der Waals surface area contributed by atoms with E-state index in [1.54, 1.807) is 91.0 Å². The summed E-state index contributed by atoms with van der Waals surface area (Å²) < 4.78 is 19.6. The Morgan fingerprint density at radius 2 is 1.61 bits per heavy atom. The predicted molar refractivity (Wildman–Crippen MR) is 199 cm³/mol. The molecule has 3 heterocycles. The first-order chi connectivity index (χ1) is 24.1. The summed E-state index contributed by atoms with van der Waals surface area (Å²) in [7, 11) is 0. The van der Waals surface area contributed by atoms with Crippen LogP contribution in [0.4, 0.5) is 26.8 Å². The van der Waals surface area contributed by atoms with Gasteiger partial charge in [0.25, 0.3) is 5.91 Å². The van der Waals surface area contributed by atoms with Crippen LogP contribution < -0.4 is 15.0 Å². The molecule has 51 heavy (non-hydrogen) atoms. The van der Waals surface area contributed by atoms with Gasteiger partial charge in [-0.1, -0.05) is 52.0 Å². The van der Waals surface area contributed by atoms with Gasteiger partial charge in [-0.2, -0.15) is 14.6 Å². The van der Waals surface area contributed by atoms with Crippen LogP contribution in [0.25, 0.3) is 5.65 Å². The lowest BCUT2D eigenvalue weighted by Crippen LogP contribution is -2.46. The zero-order valence-corrected chi connectivity index (χ0v) is 31.5. The van der Waals surface area contributed by atoms with Crippen LogP contribution >= 0.6 is 0 Å². The summed E-state index contributed by atoms with van der Waals surface area (Å²) in [4.78, 5) is 47.9. The third-order valence-electron chi connectivity index (χ3n) is 7.60. The van der Waals surface area contributed by atoms with Crippen molar-refractivity contribution in [1.82, 2.24) is 19.5 Å². The van der Waals surface area contributed by atoms with Gasteiger partial charge in [0.2, 0.25) is 5.88 Å². The fourth-order valence-electron chi connectivity index (χ4n) is 5.42. The lowest BCUT2D eigenvalue weighted by Gasteiger charge is -2.34. The van der Waals surface area contributed by atoms with Crippen LogP contribution in [0, 0.1) is 0 Å².